The lowest BCUT2D eigenvalue weighted by atomic mass is 9.88. The fourth-order valence-electron chi connectivity index (χ4n) is 3.02. The molecule has 3 N–H and O–H groups in total. The molecule has 3 nitrogen and oxygen atoms in total. The van der Waals surface area contributed by atoms with Crippen molar-refractivity contribution in [1.82, 2.24) is 0 Å². The van der Waals surface area contributed by atoms with Crippen LogP contribution in [0.1, 0.15) is 47.5 Å². The minimum atomic E-state index is -0.445. The number of aliphatic hydroxyl groups excluding tert-OH is 1. The van der Waals surface area contributed by atoms with Crippen molar-refractivity contribution < 1.29 is 9.84 Å². The van der Waals surface area contributed by atoms with Gasteiger partial charge in [-0.1, -0.05) is 20.8 Å². The largest absolute Gasteiger partial charge is 0.391 e. The third kappa shape index (κ3) is 2.76. The van der Waals surface area contributed by atoms with Gasteiger partial charge in [-0.2, -0.15) is 0 Å². The van der Waals surface area contributed by atoms with Crippen molar-refractivity contribution in [2.75, 3.05) is 6.54 Å². The Morgan fingerprint density at radius 2 is 2.00 bits per heavy atom. The van der Waals surface area contributed by atoms with E-state index in [0.717, 1.165) is 12.8 Å². The first-order chi connectivity index (χ1) is 7.22. The van der Waals surface area contributed by atoms with E-state index in [1.165, 1.54) is 0 Å². The molecule has 0 heterocycles. The fraction of sp³-hybridized carbons (Fsp3) is 1.00. The Bertz CT molecular complexity index is 240. The zero-order chi connectivity index (χ0) is 12.6. The number of hydrogen-bond donors (Lipinski definition) is 2. The molecule has 1 aliphatic rings. The first-order valence-electron chi connectivity index (χ1n) is 6.28. The highest BCUT2D eigenvalue weighted by molar-refractivity contribution is 5.01. The van der Waals surface area contributed by atoms with E-state index in [1.54, 1.807) is 6.92 Å². The topological polar surface area (TPSA) is 55.5 Å². The van der Waals surface area contributed by atoms with Crippen LogP contribution in [0.15, 0.2) is 0 Å². The van der Waals surface area contributed by atoms with Gasteiger partial charge in [0.2, 0.25) is 0 Å². The first kappa shape index (κ1) is 13.9. The second kappa shape index (κ2) is 4.63. The van der Waals surface area contributed by atoms with Crippen LogP contribution in [0.4, 0.5) is 0 Å². The highest BCUT2D eigenvalue weighted by atomic mass is 16.5. The molecule has 0 radical (unpaired) electrons. The minimum absolute atomic E-state index is 0.153. The fourth-order valence-corrected chi connectivity index (χ4v) is 3.02. The molecule has 16 heavy (non-hydrogen) atoms. The molecular weight excluding hydrogens is 202 g/mol. The summed E-state index contributed by atoms with van der Waals surface area (Å²) in [6, 6.07) is 0. The molecule has 0 bridgehead atoms. The van der Waals surface area contributed by atoms with Gasteiger partial charge in [0.25, 0.3) is 0 Å². The molecule has 96 valence electrons. The maximum atomic E-state index is 9.54. The van der Waals surface area contributed by atoms with Gasteiger partial charge in [0.05, 0.1) is 17.8 Å². The summed E-state index contributed by atoms with van der Waals surface area (Å²) in [4.78, 5) is 0. The van der Waals surface area contributed by atoms with Crippen molar-refractivity contribution in [1.29, 1.82) is 0 Å². The number of rotatable bonds is 4. The maximum Gasteiger partial charge on any atom is 0.0839 e. The predicted molar refractivity (Wildman–Crippen MR) is 66.2 cm³/mol. The average molecular weight is 229 g/mol. The first-order valence-corrected chi connectivity index (χ1v) is 6.28. The summed E-state index contributed by atoms with van der Waals surface area (Å²) in [7, 11) is 0. The highest BCUT2D eigenvalue weighted by Gasteiger charge is 2.49. The van der Waals surface area contributed by atoms with Crippen LogP contribution in [0.2, 0.25) is 0 Å². The molecule has 0 aliphatic heterocycles. The van der Waals surface area contributed by atoms with Gasteiger partial charge in [-0.15, -0.1) is 0 Å². The van der Waals surface area contributed by atoms with Gasteiger partial charge < -0.3 is 15.6 Å². The molecular formula is C13H27NO2. The average Bonchev–Trinajstić information content (AvgIpc) is 2.36. The van der Waals surface area contributed by atoms with E-state index in [9.17, 15) is 5.11 Å². The Balaban J connectivity index is 2.79. The van der Waals surface area contributed by atoms with Crippen molar-refractivity contribution in [2.45, 2.75) is 65.3 Å². The Morgan fingerprint density at radius 3 is 2.31 bits per heavy atom. The van der Waals surface area contributed by atoms with Gasteiger partial charge in [0, 0.05) is 6.54 Å². The third-order valence-electron chi connectivity index (χ3n) is 3.98. The van der Waals surface area contributed by atoms with E-state index in [-0.39, 0.29) is 17.1 Å². The number of nitrogens with two attached hydrogens (primary N) is 1. The predicted octanol–water partition coefficient (Wildman–Crippen LogP) is 1.93. The van der Waals surface area contributed by atoms with Crippen LogP contribution >= 0.6 is 0 Å². The van der Waals surface area contributed by atoms with Crippen LogP contribution in [0, 0.1) is 11.3 Å². The SMILES string of the molecule is CC(O)C(C)OC1(CN)CC(C)(C)CC1C. The zero-order valence-electron chi connectivity index (χ0n) is 11.3. The van der Waals surface area contributed by atoms with Crippen molar-refractivity contribution in [3.05, 3.63) is 0 Å². The van der Waals surface area contributed by atoms with Crippen molar-refractivity contribution in [3.63, 3.8) is 0 Å². The van der Waals surface area contributed by atoms with E-state index in [0.29, 0.717) is 12.5 Å². The van der Waals surface area contributed by atoms with Gasteiger partial charge >= 0.3 is 0 Å². The van der Waals surface area contributed by atoms with Crippen LogP contribution in [0.5, 0.6) is 0 Å². The minimum Gasteiger partial charge on any atom is -0.391 e. The second-order valence-corrected chi connectivity index (χ2v) is 6.28. The lowest BCUT2D eigenvalue weighted by molar-refractivity contribution is -0.135. The van der Waals surface area contributed by atoms with Crippen molar-refractivity contribution >= 4 is 0 Å². The summed E-state index contributed by atoms with van der Waals surface area (Å²) >= 11 is 0. The smallest absolute Gasteiger partial charge is 0.0839 e. The summed E-state index contributed by atoms with van der Waals surface area (Å²) in [5.41, 5.74) is 5.96. The van der Waals surface area contributed by atoms with Gasteiger partial charge in [0.1, 0.15) is 0 Å². The summed E-state index contributed by atoms with van der Waals surface area (Å²) in [6.07, 6.45) is 1.52. The molecule has 0 saturated heterocycles. The molecule has 0 aromatic heterocycles. The van der Waals surface area contributed by atoms with Crippen molar-refractivity contribution in [3.8, 4) is 0 Å². The quantitative estimate of drug-likeness (QED) is 0.774. The number of aliphatic hydroxyl groups is 1. The second-order valence-electron chi connectivity index (χ2n) is 6.28. The van der Waals surface area contributed by atoms with E-state index in [2.05, 4.69) is 20.8 Å². The lowest BCUT2D eigenvalue weighted by Gasteiger charge is -2.37. The zero-order valence-corrected chi connectivity index (χ0v) is 11.3. The monoisotopic (exact) mass is 229 g/mol. The van der Waals surface area contributed by atoms with Gasteiger partial charge in [-0.05, 0) is 38.0 Å². The third-order valence-corrected chi connectivity index (χ3v) is 3.98. The maximum absolute atomic E-state index is 9.54. The summed E-state index contributed by atoms with van der Waals surface area (Å²) in [5, 5.41) is 9.54. The molecule has 4 unspecified atom stereocenters. The Hall–Kier alpha value is -0.120. The summed E-state index contributed by atoms with van der Waals surface area (Å²) in [6.45, 7) is 10.9. The van der Waals surface area contributed by atoms with Crippen LogP contribution in [0.25, 0.3) is 0 Å². The molecule has 1 fully saturated rings. The molecule has 0 aromatic carbocycles. The van der Waals surface area contributed by atoms with Gasteiger partial charge in [0.15, 0.2) is 0 Å². The van der Waals surface area contributed by atoms with E-state index in [1.807, 2.05) is 6.92 Å². The van der Waals surface area contributed by atoms with E-state index >= 15 is 0 Å². The molecule has 3 heteroatoms. The number of ether oxygens (including phenoxy) is 1. The molecule has 0 amide bonds. The molecule has 1 rings (SSSR count). The molecule has 4 atom stereocenters. The summed E-state index contributed by atoms with van der Waals surface area (Å²) < 4.78 is 6.08. The van der Waals surface area contributed by atoms with Crippen LogP contribution < -0.4 is 5.73 Å². The normalized spacial score (nSPS) is 37.3. The van der Waals surface area contributed by atoms with Gasteiger partial charge in [-0.25, -0.2) is 0 Å². The van der Waals surface area contributed by atoms with Crippen LogP contribution in [-0.2, 0) is 4.74 Å². The Morgan fingerprint density at radius 1 is 1.44 bits per heavy atom. The molecule has 1 saturated carbocycles. The lowest BCUT2D eigenvalue weighted by Crippen LogP contribution is -2.47. The van der Waals surface area contributed by atoms with Crippen molar-refractivity contribution in [2.24, 2.45) is 17.1 Å². The van der Waals surface area contributed by atoms with Gasteiger partial charge in [-0.3, -0.25) is 0 Å². The highest BCUT2D eigenvalue weighted by Crippen LogP contribution is 2.49. The molecule has 0 spiro atoms. The van der Waals surface area contributed by atoms with Crippen LogP contribution in [-0.4, -0.2) is 29.5 Å². The van der Waals surface area contributed by atoms with E-state index < -0.39 is 6.10 Å². The Kier molecular flexibility index (Phi) is 4.04. The summed E-state index contributed by atoms with van der Waals surface area (Å²) in [5.74, 6) is 0.452. The number of hydrogen-bond acceptors (Lipinski definition) is 3. The van der Waals surface area contributed by atoms with E-state index in [4.69, 9.17) is 10.5 Å². The van der Waals surface area contributed by atoms with Crippen LogP contribution in [0.3, 0.4) is 0 Å². The Labute approximate surface area is 99.4 Å². The molecule has 0 aromatic rings. The standard InChI is InChI=1S/C13H27NO2/c1-9-6-12(4,5)7-13(9,8-14)16-11(3)10(2)15/h9-11,15H,6-8,14H2,1-5H3. The molecule has 1 aliphatic carbocycles.